The van der Waals surface area contributed by atoms with Crippen molar-refractivity contribution in [3.8, 4) is 0 Å². The van der Waals surface area contributed by atoms with Gasteiger partial charge in [0.2, 0.25) is 5.52 Å². The van der Waals surface area contributed by atoms with Gasteiger partial charge in [0, 0.05) is 6.42 Å². The molecule has 13 heavy (non-hydrogen) atoms. The van der Waals surface area contributed by atoms with E-state index >= 15 is 0 Å². The van der Waals surface area contributed by atoms with Crippen LogP contribution in [0.15, 0.2) is 0 Å². The first kappa shape index (κ1) is 12.8. The molecule has 0 saturated heterocycles. The minimum absolute atomic E-state index is 0.229. The lowest BCUT2D eigenvalue weighted by molar-refractivity contribution is -0.114. The summed E-state index contributed by atoms with van der Waals surface area (Å²) in [5, 5.41) is 0. The molecule has 0 rings (SSSR count). The van der Waals surface area contributed by atoms with E-state index in [4.69, 9.17) is 9.05 Å². The van der Waals surface area contributed by atoms with Crippen LogP contribution in [0.2, 0.25) is 0 Å². The van der Waals surface area contributed by atoms with E-state index in [2.05, 4.69) is 0 Å². The van der Waals surface area contributed by atoms with Crippen LogP contribution in [-0.4, -0.2) is 18.7 Å². The molecule has 0 fully saturated rings. The molecule has 0 aromatic carbocycles. The molecule has 0 unspecified atom stereocenters. The van der Waals surface area contributed by atoms with Gasteiger partial charge in [-0.2, -0.15) is 0 Å². The number of carbonyl (C=O) groups is 1. The molecular weight excluding hydrogens is 191 g/mol. The van der Waals surface area contributed by atoms with Crippen LogP contribution in [0.4, 0.5) is 0 Å². The second kappa shape index (κ2) is 6.30. The minimum Gasteiger partial charge on any atom is -0.303 e. The van der Waals surface area contributed by atoms with Crippen molar-refractivity contribution >= 4 is 13.1 Å². The van der Waals surface area contributed by atoms with Gasteiger partial charge in [0.05, 0.1) is 13.2 Å². The normalized spacial score (nSPS) is 11.6. The fraction of sp³-hybridized carbons (Fsp3) is 0.875. The zero-order valence-corrected chi connectivity index (χ0v) is 9.30. The maximum atomic E-state index is 11.7. The molecule has 0 aromatic rings. The van der Waals surface area contributed by atoms with Gasteiger partial charge in [0.15, 0.2) is 0 Å². The predicted molar refractivity (Wildman–Crippen MR) is 50.8 cm³/mol. The van der Waals surface area contributed by atoms with Crippen molar-refractivity contribution < 1.29 is 18.4 Å². The van der Waals surface area contributed by atoms with E-state index in [0.717, 1.165) is 0 Å². The highest BCUT2D eigenvalue weighted by atomic mass is 31.2. The summed E-state index contributed by atoms with van der Waals surface area (Å²) in [4.78, 5) is 11.3. The topological polar surface area (TPSA) is 52.6 Å². The van der Waals surface area contributed by atoms with Crippen molar-refractivity contribution in [3.05, 3.63) is 0 Å². The van der Waals surface area contributed by atoms with Crippen molar-refractivity contribution in [2.75, 3.05) is 13.2 Å². The summed E-state index contributed by atoms with van der Waals surface area (Å²) in [6.45, 7) is 5.68. The standard InChI is InChI=1S/C8H17O4P/c1-4-7-8(9)13(10,11-5-2)12-6-3/h4-7H2,1-3H3. The molecule has 0 spiro atoms. The van der Waals surface area contributed by atoms with Crippen LogP contribution in [0.1, 0.15) is 33.6 Å². The Labute approximate surface area is 79.1 Å². The molecule has 0 aliphatic rings. The fourth-order valence-electron chi connectivity index (χ4n) is 0.872. The Bertz CT molecular complexity index is 192. The smallest absolute Gasteiger partial charge is 0.303 e. The summed E-state index contributed by atoms with van der Waals surface area (Å²) in [6, 6.07) is 0. The lowest BCUT2D eigenvalue weighted by Gasteiger charge is -2.14. The van der Waals surface area contributed by atoms with Crippen LogP contribution < -0.4 is 0 Å². The third kappa shape index (κ3) is 4.03. The van der Waals surface area contributed by atoms with Gasteiger partial charge in [-0.3, -0.25) is 9.36 Å². The summed E-state index contributed by atoms with van der Waals surface area (Å²) in [6.07, 6.45) is 0.903. The molecule has 0 radical (unpaired) electrons. The van der Waals surface area contributed by atoms with Gasteiger partial charge in [-0.1, -0.05) is 6.92 Å². The van der Waals surface area contributed by atoms with Crippen LogP contribution in [-0.2, 0) is 18.4 Å². The minimum atomic E-state index is -3.47. The second-order valence-electron chi connectivity index (χ2n) is 2.48. The molecule has 0 atom stereocenters. The van der Waals surface area contributed by atoms with Crippen LogP contribution in [0, 0.1) is 0 Å². The van der Waals surface area contributed by atoms with Crippen LogP contribution in [0.25, 0.3) is 0 Å². The molecule has 4 nitrogen and oxygen atoms in total. The molecule has 78 valence electrons. The van der Waals surface area contributed by atoms with Gasteiger partial charge < -0.3 is 9.05 Å². The summed E-state index contributed by atoms with van der Waals surface area (Å²) in [7, 11) is -3.47. The molecule has 5 heteroatoms. The molecule has 0 heterocycles. The van der Waals surface area contributed by atoms with Gasteiger partial charge in [0.1, 0.15) is 0 Å². The first-order chi connectivity index (χ1) is 6.10. The quantitative estimate of drug-likeness (QED) is 0.603. The predicted octanol–water partition coefficient (Wildman–Crippen LogP) is 2.58. The summed E-state index contributed by atoms with van der Waals surface area (Å²) in [5.41, 5.74) is -0.418. The average Bonchev–Trinajstić information content (AvgIpc) is 2.05. The van der Waals surface area contributed by atoms with E-state index in [1.807, 2.05) is 6.92 Å². The van der Waals surface area contributed by atoms with E-state index in [0.29, 0.717) is 6.42 Å². The molecule has 0 aliphatic carbocycles. The molecule has 0 amide bonds. The molecule has 0 aromatic heterocycles. The first-order valence-electron chi connectivity index (χ1n) is 4.53. The SMILES string of the molecule is CCCC(=O)P(=O)(OCC)OCC. The number of hydrogen-bond donors (Lipinski definition) is 0. The number of carbonyl (C=O) groups excluding carboxylic acids is 1. The molecule has 0 bridgehead atoms. The van der Waals surface area contributed by atoms with E-state index < -0.39 is 13.1 Å². The highest BCUT2D eigenvalue weighted by Crippen LogP contribution is 2.49. The number of rotatable bonds is 7. The van der Waals surface area contributed by atoms with Crippen molar-refractivity contribution in [2.24, 2.45) is 0 Å². The molecule has 0 N–H and O–H groups in total. The molecular formula is C8H17O4P. The van der Waals surface area contributed by atoms with Crippen LogP contribution in [0.5, 0.6) is 0 Å². The maximum absolute atomic E-state index is 11.7. The molecule has 0 aliphatic heterocycles. The largest absolute Gasteiger partial charge is 0.396 e. The van der Waals surface area contributed by atoms with E-state index in [-0.39, 0.29) is 19.6 Å². The van der Waals surface area contributed by atoms with E-state index in [9.17, 15) is 9.36 Å². The zero-order valence-electron chi connectivity index (χ0n) is 8.41. The Morgan fingerprint density at radius 2 is 1.62 bits per heavy atom. The Balaban J connectivity index is 4.38. The summed E-state index contributed by atoms with van der Waals surface area (Å²) in [5.74, 6) is 0. The van der Waals surface area contributed by atoms with E-state index in [1.165, 1.54) is 0 Å². The highest BCUT2D eigenvalue weighted by Gasteiger charge is 2.32. The Morgan fingerprint density at radius 1 is 1.15 bits per heavy atom. The Kier molecular flexibility index (Phi) is 6.21. The van der Waals surface area contributed by atoms with Gasteiger partial charge in [-0.25, -0.2) is 0 Å². The first-order valence-corrected chi connectivity index (χ1v) is 6.07. The second-order valence-corrected chi connectivity index (χ2v) is 4.49. The van der Waals surface area contributed by atoms with Gasteiger partial charge in [-0.15, -0.1) is 0 Å². The van der Waals surface area contributed by atoms with Crippen molar-refractivity contribution in [2.45, 2.75) is 33.6 Å². The van der Waals surface area contributed by atoms with E-state index in [1.54, 1.807) is 13.8 Å². The monoisotopic (exact) mass is 208 g/mol. The van der Waals surface area contributed by atoms with Crippen molar-refractivity contribution in [1.82, 2.24) is 0 Å². The lowest BCUT2D eigenvalue weighted by atomic mass is 10.4. The Hall–Kier alpha value is -0.180. The van der Waals surface area contributed by atoms with Gasteiger partial charge >= 0.3 is 7.60 Å². The molecule has 0 saturated carbocycles. The van der Waals surface area contributed by atoms with Crippen molar-refractivity contribution in [3.63, 3.8) is 0 Å². The number of hydrogen-bond acceptors (Lipinski definition) is 4. The zero-order chi connectivity index (χ0) is 10.3. The fourth-order valence-corrected chi connectivity index (χ4v) is 2.41. The van der Waals surface area contributed by atoms with Crippen molar-refractivity contribution in [1.29, 1.82) is 0 Å². The van der Waals surface area contributed by atoms with Gasteiger partial charge in [0.25, 0.3) is 0 Å². The summed E-state index contributed by atoms with van der Waals surface area (Å²) < 4.78 is 21.4. The Morgan fingerprint density at radius 3 is 1.92 bits per heavy atom. The third-order valence-corrected chi connectivity index (χ3v) is 3.40. The highest BCUT2D eigenvalue weighted by molar-refractivity contribution is 7.71. The maximum Gasteiger partial charge on any atom is 0.396 e. The van der Waals surface area contributed by atoms with Gasteiger partial charge in [-0.05, 0) is 20.3 Å². The van der Waals surface area contributed by atoms with Crippen LogP contribution >= 0.6 is 7.60 Å². The third-order valence-electron chi connectivity index (χ3n) is 1.37. The lowest BCUT2D eigenvalue weighted by Crippen LogP contribution is -2.06. The summed E-state index contributed by atoms with van der Waals surface area (Å²) >= 11 is 0. The van der Waals surface area contributed by atoms with Crippen LogP contribution in [0.3, 0.4) is 0 Å². The average molecular weight is 208 g/mol.